The van der Waals surface area contributed by atoms with Crippen LogP contribution in [0.15, 0.2) is 12.1 Å². The second-order valence-electron chi connectivity index (χ2n) is 3.57. The average molecular weight is 178 g/mol. The quantitative estimate of drug-likeness (QED) is 0.590. The standard InChI is InChI=1S/C10H14N2O/c1-12-4-2-3-7-5-8(11)6-9(13)10(7)12/h5-6,13H,2-4,11H2,1H3. The Morgan fingerprint density at radius 2 is 2.23 bits per heavy atom. The average Bonchev–Trinajstić information content (AvgIpc) is 2.02. The number of nitrogen functional groups attached to an aromatic ring is 1. The summed E-state index contributed by atoms with van der Waals surface area (Å²) in [5.41, 5.74) is 8.40. The number of phenolic OH excluding ortho intramolecular Hbond substituents is 1. The molecule has 2 rings (SSSR count). The van der Waals surface area contributed by atoms with Crippen LogP contribution >= 0.6 is 0 Å². The maximum absolute atomic E-state index is 9.69. The fourth-order valence-electron chi connectivity index (χ4n) is 1.95. The zero-order chi connectivity index (χ0) is 9.42. The molecule has 3 N–H and O–H groups in total. The van der Waals surface area contributed by atoms with Crippen molar-refractivity contribution in [3.05, 3.63) is 17.7 Å². The first-order chi connectivity index (χ1) is 6.18. The molecule has 0 spiro atoms. The van der Waals surface area contributed by atoms with Crippen molar-refractivity contribution in [2.24, 2.45) is 0 Å². The zero-order valence-corrected chi connectivity index (χ0v) is 7.75. The van der Waals surface area contributed by atoms with Crippen LogP contribution in [0, 0.1) is 0 Å². The summed E-state index contributed by atoms with van der Waals surface area (Å²) in [7, 11) is 1.99. The van der Waals surface area contributed by atoms with Crippen molar-refractivity contribution in [3.63, 3.8) is 0 Å². The van der Waals surface area contributed by atoms with Crippen LogP contribution in [0.1, 0.15) is 12.0 Å². The molecule has 13 heavy (non-hydrogen) atoms. The second kappa shape index (κ2) is 2.83. The topological polar surface area (TPSA) is 49.5 Å². The van der Waals surface area contributed by atoms with Crippen LogP contribution in [-0.2, 0) is 6.42 Å². The van der Waals surface area contributed by atoms with E-state index < -0.39 is 0 Å². The van der Waals surface area contributed by atoms with Gasteiger partial charge in [-0.15, -0.1) is 0 Å². The molecule has 1 aliphatic rings. The summed E-state index contributed by atoms with van der Waals surface area (Å²) in [6, 6.07) is 3.56. The van der Waals surface area contributed by atoms with Gasteiger partial charge in [0.05, 0.1) is 5.69 Å². The lowest BCUT2D eigenvalue weighted by atomic mass is 10.0. The third-order valence-corrected chi connectivity index (χ3v) is 2.51. The number of hydrogen-bond acceptors (Lipinski definition) is 3. The number of phenols is 1. The summed E-state index contributed by atoms with van der Waals surface area (Å²) < 4.78 is 0. The maximum atomic E-state index is 9.69. The van der Waals surface area contributed by atoms with Gasteiger partial charge in [0.15, 0.2) is 0 Å². The molecule has 0 fully saturated rings. The second-order valence-corrected chi connectivity index (χ2v) is 3.57. The first-order valence-electron chi connectivity index (χ1n) is 4.51. The van der Waals surface area contributed by atoms with E-state index in [4.69, 9.17) is 5.73 Å². The Hall–Kier alpha value is -1.38. The predicted octanol–water partition coefficient (Wildman–Crippen LogP) is 1.36. The van der Waals surface area contributed by atoms with Crippen LogP contribution in [0.5, 0.6) is 5.75 Å². The van der Waals surface area contributed by atoms with Gasteiger partial charge < -0.3 is 15.7 Å². The molecule has 0 aliphatic carbocycles. The Morgan fingerprint density at radius 1 is 1.46 bits per heavy atom. The van der Waals surface area contributed by atoms with E-state index >= 15 is 0 Å². The molecule has 0 radical (unpaired) electrons. The fourth-order valence-corrected chi connectivity index (χ4v) is 1.95. The van der Waals surface area contributed by atoms with E-state index in [9.17, 15) is 5.11 Å². The highest BCUT2D eigenvalue weighted by Gasteiger charge is 2.17. The van der Waals surface area contributed by atoms with Gasteiger partial charge in [0.1, 0.15) is 5.75 Å². The molecule has 0 bridgehead atoms. The van der Waals surface area contributed by atoms with Gasteiger partial charge in [-0.1, -0.05) is 0 Å². The van der Waals surface area contributed by atoms with Gasteiger partial charge >= 0.3 is 0 Å². The molecule has 3 heteroatoms. The summed E-state index contributed by atoms with van der Waals surface area (Å²) in [6.45, 7) is 1.00. The third kappa shape index (κ3) is 1.30. The Balaban J connectivity index is 2.56. The zero-order valence-electron chi connectivity index (χ0n) is 7.75. The van der Waals surface area contributed by atoms with Crippen molar-refractivity contribution in [2.45, 2.75) is 12.8 Å². The van der Waals surface area contributed by atoms with Gasteiger partial charge in [-0.25, -0.2) is 0 Å². The number of aryl methyl sites for hydroxylation is 1. The Bertz CT molecular complexity index is 336. The summed E-state index contributed by atoms with van der Waals surface area (Å²) in [5, 5.41) is 9.69. The summed E-state index contributed by atoms with van der Waals surface area (Å²) in [5.74, 6) is 0.303. The van der Waals surface area contributed by atoms with E-state index in [0.29, 0.717) is 11.4 Å². The molecular formula is C10H14N2O. The van der Waals surface area contributed by atoms with E-state index in [1.165, 1.54) is 0 Å². The highest BCUT2D eigenvalue weighted by Crippen LogP contribution is 2.36. The van der Waals surface area contributed by atoms with Gasteiger partial charge in [-0.05, 0) is 24.5 Å². The van der Waals surface area contributed by atoms with E-state index in [-0.39, 0.29) is 0 Å². The molecule has 70 valence electrons. The smallest absolute Gasteiger partial charge is 0.141 e. The first-order valence-corrected chi connectivity index (χ1v) is 4.51. The molecule has 0 saturated carbocycles. The largest absolute Gasteiger partial charge is 0.506 e. The van der Waals surface area contributed by atoms with Crippen LogP contribution < -0.4 is 10.6 Å². The van der Waals surface area contributed by atoms with Gasteiger partial charge in [-0.3, -0.25) is 0 Å². The normalized spacial score (nSPS) is 15.6. The molecule has 1 aliphatic heterocycles. The highest BCUT2D eigenvalue weighted by molar-refractivity contribution is 5.69. The fraction of sp³-hybridized carbons (Fsp3) is 0.400. The van der Waals surface area contributed by atoms with E-state index in [0.717, 1.165) is 30.6 Å². The number of anilines is 2. The Kier molecular flexibility index (Phi) is 1.79. The highest BCUT2D eigenvalue weighted by atomic mass is 16.3. The lowest BCUT2D eigenvalue weighted by molar-refractivity contribution is 0.472. The number of hydrogen-bond donors (Lipinski definition) is 2. The lowest BCUT2D eigenvalue weighted by Gasteiger charge is -2.28. The molecule has 0 saturated heterocycles. The van der Waals surface area contributed by atoms with Crippen LogP contribution in [-0.4, -0.2) is 18.7 Å². The van der Waals surface area contributed by atoms with Crippen molar-refractivity contribution in [1.82, 2.24) is 0 Å². The summed E-state index contributed by atoms with van der Waals surface area (Å²) >= 11 is 0. The SMILES string of the molecule is CN1CCCc2cc(N)cc(O)c21. The summed E-state index contributed by atoms with van der Waals surface area (Å²) in [4.78, 5) is 2.08. The maximum Gasteiger partial charge on any atom is 0.141 e. The van der Waals surface area contributed by atoms with Gasteiger partial charge in [0, 0.05) is 25.3 Å². The van der Waals surface area contributed by atoms with E-state index in [2.05, 4.69) is 4.90 Å². The van der Waals surface area contributed by atoms with Gasteiger partial charge in [0.2, 0.25) is 0 Å². The third-order valence-electron chi connectivity index (χ3n) is 2.51. The Morgan fingerprint density at radius 3 is 3.00 bits per heavy atom. The van der Waals surface area contributed by atoms with Crippen LogP contribution in [0.2, 0.25) is 0 Å². The first kappa shape index (κ1) is 8.23. The predicted molar refractivity (Wildman–Crippen MR) is 54.1 cm³/mol. The van der Waals surface area contributed by atoms with Crippen molar-refractivity contribution in [2.75, 3.05) is 24.2 Å². The lowest BCUT2D eigenvalue weighted by Crippen LogP contribution is -2.24. The number of nitrogens with two attached hydrogens (primary N) is 1. The molecular weight excluding hydrogens is 164 g/mol. The van der Waals surface area contributed by atoms with Crippen molar-refractivity contribution < 1.29 is 5.11 Å². The molecule has 0 atom stereocenters. The minimum atomic E-state index is 0.303. The monoisotopic (exact) mass is 178 g/mol. The van der Waals surface area contributed by atoms with Crippen LogP contribution in [0.4, 0.5) is 11.4 Å². The molecule has 1 aromatic rings. The molecule has 1 aromatic carbocycles. The van der Waals surface area contributed by atoms with Crippen molar-refractivity contribution >= 4 is 11.4 Å². The Labute approximate surface area is 77.8 Å². The minimum absolute atomic E-state index is 0.303. The number of fused-ring (bicyclic) bond motifs is 1. The van der Waals surface area contributed by atoms with Crippen molar-refractivity contribution in [1.29, 1.82) is 0 Å². The number of benzene rings is 1. The van der Waals surface area contributed by atoms with Crippen LogP contribution in [0.3, 0.4) is 0 Å². The van der Waals surface area contributed by atoms with Gasteiger partial charge in [0.25, 0.3) is 0 Å². The minimum Gasteiger partial charge on any atom is -0.506 e. The summed E-state index contributed by atoms with van der Waals surface area (Å²) in [6.07, 6.45) is 2.14. The molecule has 3 nitrogen and oxygen atoms in total. The number of nitrogens with zero attached hydrogens (tertiary/aromatic N) is 1. The molecule has 0 aromatic heterocycles. The van der Waals surface area contributed by atoms with E-state index in [1.807, 2.05) is 13.1 Å². The molecule has 1 heterocycles. The molecule has 0 unspecified atom stereocenters. The molecule has 0 amide bonds. The van der Waals surface area contributed by atoms with Gasteiger partial charge in [-0.2, -0.15) is 0 Å². The number of rotatable bonds is 0. The van der Waals surface area contributed by atoms with Crippen LogP contribution in [0.25, 0.3) is 0 Å². The van der Waals surface area contributed by atoms with E-state index in [1.54, 1.807) is 6.07 Å². The van der Waals surface area contributed by atoms with Crippen molar-refractivity contribution in [3.8, 4) is 5.75 Å². The number of aromatic hydroxyl groups is 1.